The van der Waals surface area contributed by atoms with E-state index in [0.717, 1.165) is 99.6 Å². The van der Waals surface area contributed by atoms with Crippen LogP contribution in [0.15, 0.2) is 158 Å². The van der Waals surface area contributed by atoms with Crippen molar-refractivity contribution >= 4 is 43.6 Å². The molecule has 6 nitrogen and oxygen atoms in total. The molecule has 0 atom stereocenters. The average Bonchev–Trinajstić information content (AvgIpc) is 4.12. The second-order valence-corrected chi connectivity index (χ2v) is 16.9. The van der Waals surface area contributed by atoms with Crippen LogP contribution in [-0.2, 0) is 32.6 Å². The van der Waals surface area contributed by atoms with E-state index >= 15 is 0 Å². The molecule has 67 heavy (non-hydrogen) atoms. The van der Waals surface area contributed by atoms with Gasteiger partial charge in [0.05, 0.1) is 40.4 Å². The number of aromatic nitrogens is 4. The molecule has 10 aromatic rings. The van der Waals surface area contributed by atoms with Crippen molar-refractivity contribution in [1.82, 2.24) is 18.3 Å². The maximum Gasteiger partial charge on any atom is 0.123 e. The maximum atomic E-state index is 6.27. The molecule has 0 amide bonds. The number of hydrogen-bond donors (Lipinski definition) is 0. The third kappa shape index (κ3) is 7.46. The highest BCUT2D eigenvalue weighted by Crippen LogP contribution is 2.47. The zero-order valence-electron chi connectivity index (χ0n) is 37.6. The molecule has 0 radical (unpaired) electrons. The Kier molecular flexibility index (Phi) is 11.4. The molecule has 4 heterocycles. The molecule has 0 saturated carbocycles. The second-order valence-electron chi connectivity index (χ2n) is 16.9. The first-order valence-corrected chi connectivity index (χ1v) is 22.4. The van der Waals surface area contributed by atoms with Gasteiger partial charge in [-0.15, -0.1) is 25.7 Å². The minimum atomic E-state index is -0.237. The van der Waals surface area contributed by atoms with Gasteiger partial charge in [0, 0.05) is 91.4 Å². The molecule has 0 spiro atoms. The molecule has 0 bridgehead atoms. The molecule has 0 aliphatic carbocycles. The molecule has 0 aliphatic heterocycles. The quantitative estimate of drug-likeness (QED) is 0.102. The molecular weight excluding hydrogens is 821 g/mol. The number of benzene rings is 6. The lowest BCUT2D eigenvalue weighted by Crippen LogP contribution is -2.08. The zero-order valence-corrected chi connectivity index (χ0v) is 37.6. The van der Waals surface area contributed by atoms with E-state index in [1.165, 1.54) is 0 Å². The highest BCUT2D eigenvalue weighted by molar-refractivity contribution is 5.92. The first-order valence-electron chi connectivity index (χ1n) is 22.4. The van der Waals surface area contributed by atoms with Gasteiger partial charge < -0.3 is 27.7 Å². The zero-order chi connectivity index (χ0) is 46.0. The highest BCUT2D eigenvalue weighted by atomic mass is 16.5. The predicted octanol–water partition coefficient (Wildman–Crippen LogP) is 12.0. The number of hydrogen-bond acceptors (Lipinski definition) is 2. The van der Waals surface area contributed by atoms with E-state index in [4.69, 9.17) is 35.2 Å². The Labute approximate surface area is 392 Å². The van der Waals surface area contributed by atoms with Gasteiger partial charge in [0.25, 0.3) is 0 Å². The van der Waals surface area contributed by atoms with Crippen LogP contribution in [0.5, 0.6) is 11.5 Å². The van der Waals surface area contributed by atoms with E-state index in [9.17, 15) is 0 Å². The summed E-state index contributed by atoms with van der Waals surface area (Å²) in [6, 6.07) is 47.1. The van der Waals surface area contributed by atoms with Crippen molar-refractivity contribution in [3.8, 4) is 60.9 Å². The summed E-state index contributed by atoms with van der Waals surface area (Å²) in [4.78, 5) is 0. The van der Waals surface area contributed by atoms with Crippen molar-refractivity contribution in [2.75, 3.05) is 14.2 Å². The van der Waals surface area contributed by atoms with Crippen molar-refractivity contribution in [1.29, 1.82) is 0 Å². The van der Waals surface area contributed by atoms with Crippen LogP contribution in [0.25, 0.3) is 43.6 Å². The number of fused-ring (bicyclic) bond motifs is 4. The van der Waals surface area contributed by atoms with E-state index in [-0.39, 0.29) is 11.8 Å². The third-order valence-corrected chi connectivity index (χ3v) is 13.2. The number of para-hydroxylation sites is 4. The Balaban J connectivity index is 1.16. The summed E-state index contributed by atoms with van der Waals surface area (Å²) in [5.74, 6) is 12.6. The summed E-state index contributed by atoms with van der Waals surface area (Å²) in [5, 5.41) is 4.51. The Bertz CT molecular complexity index is 3240. The van der Waals surface area contributed by atoms with Crippen molar-refractivity contribution < 1.29 is 9.47 Å². The fraction of sp³-hybridized carbons (Fsp3) is 0.148. The standard InChI is InChI=1S/C61H48N4O2/c1-7-31-62-38-50(44-19-11-15-23-54(44)62)60(51-39-63(32-8-2)55-24-16-12-20-45(51)55)48-36-42(27-29-58(48)66-5)35-43-28-30-59(67-6)49(37-43)61(52-40-64(33-9-3)56-25-17-13-21-46(52)56)53-41-65(34-10-4)57-26-18-14-22-47(53)57/h1-4,11-30,36-41,60-61H,31-35H2,5-6H3. The summed E-state index contributed by atoms with van der Waals surface area (Å²) < 4.78 is 21.2. The molecule has 6 aromatic carbocycles. The summed E-state index contributed by atoms with van der Waals surface area (Å²) in [7, 11) is 3.49. The molecule has 6 heteroatoms. The van der Waals surface area contributed by atoms with Crippen molar-refractivity contribution in [2.24, 2.45) is 0 Å². The Hall–Kier alpha value is -8.68. The Morgan fingerprint density at radius 1 is 0.388 bits per heavy atom. The van der Waals surface area contributed by atoms with Gasteiger partial charge in [-0.3, -0.25) is 0 Å². The topological polar surface area (TPSA) is 38.2 Å². The van der Waals surface area contributed by atoms with Crippen molar-refractivity contribution in [3.63, 3.8) is 0 Å². The van der Waals surface area contributed by atoms with Crippen molar-refractivity contribution in [2.45, 2.75) is 44.4 Å². The van der Waals surface area contributed by atoms with Gasteiger partial charge >= 0.3 is 0 Å². The SMILES string of the molecule is C#CCn1cc(C(c2cc(Cc3ccc(OC)c(C(c4cn(CC#C)c5ccccc45)c4cn(CC#C)c5ccccc45)c3)ccc2OC)c2cn(CC#C)c3ccccc23)c2ccccc21. The number of nitrogens with zero attached hydrogens (tertiary/aromatic N) is 4. The molecule has 0 saturated heterocycles. The number of methoxy groups -OCH3 is 2. The number of ether oxygens (including phenoxy) is 2. The first kappa shape index (κ1) is 42.3. The van der Waals surface area contributed by atoms with Crippen LogP contribution in [0.2, 0.25) is 0 Å². The van der Waals surface area contributed by atoms with Gasteiger partial charge in [-0.25, -0.2) is 0 Å². The van der Waals surface area contributed by atoms with Gasteiger partial charge in [-0.2, -0.15) is 0 Å². The monoisotopic (exact) mass is 868 g/mol. The molecule has 0 N–H and O–H groups in total. The van der Waals surface area contributed by atoms with Gasteiger partial charge in [-0.1, -0.05) is 121 Å². The number of terminal acetylenes is 4. The van der Waals surface area contributed by atoms with Crippen LogP contribution in [0.4, 0.5) is 0 Å². The van der Waals surface area contributed by atoms with Crippen LogP contribution < -0.4 is 9.47 Å². The molecule has 0 unspecified atom stereocenters. The predicted molar refractivity (Wildman–Crippen MR) is 274 cm³/mol. The van der Waals surface area contributed by atoms with Gasteiger partial charge in [0.15, 0.2) is 0 Å². The fourth-order valence-corrected chi connectivity index (χ4v) is 10.4. The molecule has 10 rings (SSSR count). The number of rotatable bonds is 14. The average molecular weight is 869 g/mol. The molecule has 4 aromatic heterocycles. The van der Waals surface area contributed by atoms with E-state index in [2.05, 4.69) is 200 Å². The smallest absolute Gasteiger partial charge is 0.123 e. The lowest BCUT2D eigenvalue weighted by atomic mass is 9.82. The van der Waals surface area contributed by atoms with Crippen molar-refractivity contribution in [3.05, 3.63) is 203 Å². The molecule has 324 valence electrons. The normalized spacial score (nSPS) is 11.3. The van der Waals surface area contributed by atoms with Crippen LogP contribution in [0, 0.1) is 49.4 Å². The third-order valence-electron chi connectivity index (χ3n) is 13.2. The summed E-state index contributed by atoms with van der Waals surface area (Å²) in [6.45, 7) is 1.77. The first-order chi connectivity index (χ1) is 33.0. The van der Waals surface area contributed by atoms with E-state index < -0.39 is 0 Å². The lowest BCUT2D eigenvalue weighted by molar-refractivity contribution is 0.409. The fourth-order valence-electron chi connectivity index (χ4n) is 10.4. The minimum absolute atomic E-state index is 0.237. The van der Waals surface area contributed by atoms with Crippen LogP contribution >= 0.6 is 0 Å². The van der Waals surface area contributed by atoms with Crippen LogP contribution in [0.3, 0.4) is 0 Å². The van der Waals surface area contributed by atoms with Gasteiger partial charge in [0.2, 0.25) is 0 Å². The molecular formula is C61H48N4O2. The molecule has 0 aliphatic rings. The maximum absolute atomic E-state index is 6.27. The second kappa shape index (κ2) is 18.1. The van der Waals surface area contributed by atoms with E-state index in [1.54, 1.807) is 14.2 Å². The molecule has 0 fully saturated rings. The highest BCUT2D eigenvalue weighted by Gasteiger charge is 2.30. The van der Waals surface area contributed by atoms with Crippen LogP contribution in [-0.4, -0.2) is 32.5 Å². The minimum Gasteiger partial charge on any atom is -0.496 e. The Morgan fingerprint density at radius 2 is 0.672 bits per heavy atom. The summed E-state index contributed by atoms with van der Waals surface area (Å²) in [6.07, 6.45) is 33.3. The van der Waals surface area contributed by atoms with E-state index in [0.29, 0.717) is 32.6 Å². The van der Waals surface area contributed by atoms with Gasteiger partial charge in [0.1, 0.15) is 11.5 Å². The lowest BCUT2D eigenvalue weighted by Gasteiger charge is -2.22. The van der Waals surface area contributed by atoms with Gasteiger partial charge in [-0.05, 0) is 76.2 Å². The van der Waals surface area contributed by atoms with E-state index in [1.807, 2.05) is 0 Å². The summed E-state index contributed by atoms with van der Waals surface area (Å²) in [5.41, 5.74) is 13.2. The summed E-state index contributed by atoms with van der Waals surface area (Å²) >= 11 is 0. The largest absolute Gasteiger partial charge is 0.496 e. The Morgan fingerprint density at radius 3 is 0.940 bits per heavy atom. The van der Waals surface area contributed by atoms with Crippen LogP contribution in [0.1, 0.15) is 56.3 Å².